The molecule has 0 saturated carbocycles. The van der Waals surface area contributed by atoms with Gasteiger partial charge in [0, 0.05) is 13.6 Å². The first-order chi connectivity index (χ1) is 7.62. The fourth-order valence-electron chi connectivity index (χ4n) is 1.54. The predicted octanol–water partition coefficient (Wildman–Crippen LogP) is 2.18. The van der Waals surface area contributed by atoms with E-state index in [4.69, 9.17) is 0 Å². The molecule has 0 aromatic heterocycles. The standard InChI is InChI=1S/C11H26N2O2S/c1-3-4-5-6-7-8-9-10-11-13-16(14,15)12-2/h12-13H,3-11H2,1-2H3. The largest absolute Gasteiger partial charge is 0.276 e. The molecule has 0 radical (unpaired) electrons. The zero-order chi connectivity index (χ0) is 12.3. The van der Waals surface area contributed by atoms with Crippen LogP contribution in [0.3, 0.4) is 0 Å². The van der Waals surface area contributed by atoms with E-state index in [1.54, 1.807) is 0 Å². The second-order valence-corrected chi connectivity index (χ2v) is 5.78. The summed E-state index contributed by atoms with van der Waals surface area (Å²) in [6.45, 7) is 2.76. The molecule has 0 unspecified atom stereocenters. The molecule has 0 amide bonds. The minimum Gasteiger partial charge on any atom is -0.205 e. The maximum atomic E-state index is 11.0. The Bertz CT molecular complexity index is 240. The monoisotopic (exact) mass is 250 g/mol. The van der Waals surface area contributed by atoms with Crippen LogP contribution in [-0.4, -0.2) is 22.0 Å². The van der Waals surface area contributed by atoms with Crippen molar-refractivity contribution in [3.8, 4) is 0 Å². The van der Waals surface area contributed by atoms with E-state index in [0.29, 0.717) is 6.54 Å². The molecule has 0 fully saturated rings. The molecule has 0 aromatic rings. The van der Waals surface area contributed by atoms with E-state index in [2.05, 4.69) is 16.4 Å². The highest BCUT2D eigenvalue weighted by Crippen LogP contribution is 2.07. The number of unbranched alkanes of at least 4 members (excludes halogenated alkanes) is 7. The highest BCUT2D eigenvalue weighted by molar-refractivity contribution is 7.87. The van der Waals surface area contributed by atoms with Crippen LogP contribution in [0.5, 0.6) is 0 Å². The fraction of sp³-hybridized carbons (Fsp3) is 1.00. The van der Waals surface area contributed by atoms with Crippen LogP contribution in [0.25, 0.3) is 0 Å². The van der Waals surface area contributed by atoms with E-state index in [-0.39, 0.29) is 0 Å². The normalized spacial score (nSPS) is 11.9. The molecule has 0 aliphatic carbocycles. The van der Waals surface area contributed by atoms with Crippen molar-refractivity contribution in [1.29, 1.82) is 0 Å². The Morgan fingerprint density at radius 3 is 1.88 bits per heavy atom. The molecule has 0 atom stereocenters. The quantitative estimate of drug-likeness (QED) is 0.552. The summed E-state index contributed by atoms with van der Waals surface area (Å²) in [6.07, 6.45) is 9.80. The first-order valence-corrected chi connectivity index (χ1v) is 7.79. The maximum Gasteiger partial charge on any atom is 0.276 e. The lowest BCUT2D eigenvalue weighted by Crippen LogP contribution is -2.34. The van der Waals surface area contributed by atoms with Crippen LogP contribution in [0.2, 0.25) is 0 Å². The third-order valence-electron chi connectivity index (χ3n) is 2.59. The topological polar surface area (TPSA) is 58.2 Å². The van der Waals surface area contributed by atoms with Crippen molar-refractivity contribution in [2.75, 3.05) is 13.6 Å². The van der Waals surface area contributed by atoms with Crippen molar-refractivity contribution < 1.29 is 8.42 Å². The van der Waals surface area contributed by atoms with Gasteiger partial charge >= 0.3 is 0 Å². The van der Waals surface area contributed by atoms with Gasteiger partial charge in [-0.05, 0) is 6.42 Å². The molecule has 0 aliphatic heterocycles. The average molecular weight is 250 g/mol. The number of hydrogen-bond donors (Lipinski definition) is 2. The van der Waals surface area contributed by atoms with Crippen molar-refractivity contribution in [2.45, 2.75) is 58.3 Å². The molecule has 5 heteroatoms. The molecular weight excluding hydrogens is 224 g/mol. The molecule has 0 rings (SSSR count). The van der Waals surface area contributed by atoms with E-state index in [1.165, 1.54) is 45.6 Å². The first kappa shape index (κ1) is 15.9. The van der Waals surface area contributed by atoms with Crippen molar-refractivity contribution in [2.24, 2.45) is 0 Å². The Morgan fingerprint density at radius 2 is 1.38 bits per heavy atom. The average Bonchev–Trinajstić information content (AvgIpc) is 2.27. The summed E-state index contributed by atoms with van der Waals surface area (Å²) in [5.74, 6) is 0. The zero-order valence-electron chi connectivity index (χ0n) is 10.6. The summed E-state index contributed by atoms with van der Waals surface area (Å²) in [5.41, 5.74) is 0. The Morgan fingerprint density at radius 1 is 0.875 bits per heavy atom. The van der Waals surface area contributed by atoms with Gasteiger partial charge in [-0.15, -0.1) is 0 Å². The minimum atomic E-state index is -3.22. The summed E-state index contributed by atoms with van der Waals surface area (Å²) in [5, 5.41) is 0. The highest BCUT2D eigenvalue weighted by atomic mass is 32.2. The Kier molecular flexibility index (Phi) is 9.97. The molecule has 16 heavy (non-hydrogen) atoms. The van der Waals surface area contributed by atoms with Gasteiger partial charge in [0.15, 0.2) is 0 Å². The molecule has 0 heterocycles. The van der Waals surface area contributed by atoms with Crippen LogP contribution >= 0.6 is 0 Å². The lowest BCUT2D eigenvalue weighted by molar-refractivity contribution is 0.554. The lowest BCUT2D eigenvalue weighted by Gasteiger charge is -2.04. The van der Waals surface area contributed by atoms with Crippen LogP contribution in [0.1, 0.15) is 58.3 Å². The Labute approximate surface area is 100 Å². The summed E-state index contributed by atoms with van der Waals surface area (Å²) in [4.78, 5) is 0. The van der Waals surface area contributed by atoms with Gasteiger partial charge in [-0.2, -0.15) is 8.42 Å². The van der Waals surface area contributed by atoms with Gasteiger partial charge in [0.1, 0.15) is 0 Å². The minimum absolute atomic E-state index is 0.540. The van der Waals surface area contributed by atoms with E-state index in [9.17, 15) is 8.42 Å². The predicted molar refractivity (Wildman–Crippen MR) is 68.6 cm³/mol. The highest BCUT2D eigenvalue weighted by Gasteiger charge is 2.02. The van der Waals surface area contributed by atoms with Crippen LogP contribution in [0, 0.1) is 0 Å². The molecule has 0 saturated heterocycles. The third kappa shape index (κ3) is 10.4. The summed E-state index contributed by atoms with van der Waals surface area (Å²) in [7, 11) is -1.81. The summed E-state index contributed by atoms with van der Waals surface area (Å²) >= 11 is 0. The van der Waals surface area contributed by atoms with Gasteiger partial charge in [-0.1, -0.05) is 51.9 Å². The molecule has 0 aromatic carbocycles. The van der Waals surface area contributed by atoms with E-state index >= 15 is 0 Å². The smallest absolute Gasteiger partial charge is 0.205 e. The van der Waals surface area contributed by atoms with Crippen LogP contribution < -0.4 is 9.44 Å². The molecule has 0 aliphatic rings. The summed E-state index contributed by atoms with van der Waals surface area (Å²) in [6, 6.07) is 0. The van der Waals surface area contributed by atoms with Gasteiger partial charge in [0.25, 0.3) is 10.2 Å². The van der Waals surface area contributed by atoms with Crippen LogP contribution in [0.4, 0.5) is 0 Å². The van der Waals surface area contributed by atoms with Crippen molar-refractivity contribution in [3.05, 3.63) is 0 Å². The molecule has 2 N–H and O–H groups in total. The second-order valence-electron chi connectivity index (χ2n) is 4.08. The van der Waals surface area contributed by atoms with E-state index in [1.807, 2.05) is 0 Å². The number of rotatable bonds is 11. The van der Waals surface area contributed by atoms with Crippen molar-refractivity contribution >= 4 is 10.2 Å². The second kappa shape index (κ2) is 10.1. The summed E-state index contributed by atoms with van der Waals surface area (Å²) < 4.78 is 26.7. The van der Waals surface area contributed by atoms with Gasteiger partial charge in [0.05, 0.1) is 0 Å². The Hall–Kier alpha value is -0.130. The molecular formula is C11H26N2O2S. The number of hydrogen-bond acceptors (Lipinski definition) is 2. The SMILES string of the molecule is CCCCCCCCCCNS(=O)(=O)NC. The lowest BCUT2D eigenvalue weighted by atomic mass is 10.1. The van der Waals surface area contributed by atoms with Crippen molar-refractivity contribution in [3.63, 3.8) is 0 Å². The van der Waals surface area contributed by atoms with Gasteiger partial charge in [-0.25, -0.2) is 9.44 Å². The van der Waals surface area contributed by atoms with Gasteiger partial charge < -0.3 is 0 Å². The Balaban J connectivity index is 3.16. The van der Waals surface area contributed by atoms with Gasteiger partial charge in [-0.3, -0.25) is 0 Å². The van der Waals surface area contributed by atoms with Crippen LogP contribution in [-0.2, 0) is 10.2 Å². The van der Waals surface area contributed by atoms with E-state index < -0.39 is 10.2 Å². The van der Waals surface area contributed by atoms with Crippen LogP contribution in [0.15, 0.2) is 0 Å². The molecule has 0 bridgehead atoms. The third-order valence-corrected chi connectivity index (χ3v) is 3.71. The first-order valence-electron chi connectivity index (χ1n) is 6.30. The zero-order valence-corrected chi connectivity index (χ0v) is 11.4. The molecule has 4 nitrogen and oxygen atoms in total. The maximum absolute atomic E-state index is 11.0. The van der Waals surface area contributed by atoms with Crippen molar-refractivity contribution in [1.82, 2.24) is 9.44 Å². The molecule has 98 valence electrons. The van der Waals surface area contributed by atoms with E-state index in [0.717, 1.165) is 12.8 Å². The van der Waals surface area contributed by atoms with Gasteiger partial charge in [0.2, 0.25) is 0 Å². The number of nitrogens with one attached hydrogen (secondary N) is 2. The fourth-order valence-corrected chi connectivity index (χ4v) is 2.09. The molecule has 0 spiro atoms.